The first-order valence-electron chi connectivity index (χ1n) is 12.3. The van der Waals surface area contributed by atoms with Crippen LogP contribution >= 0.6 is 0 Å². The molecule has 37 heavy (non-hydrogen) atoms. The number of alkyl halides is 3. The summed E-state index contributed by atoms with van der Waals surface area (Å²) in [4.78, 5) is 16.4. The summed E-state index contributed by atoms with van der Waals surface area (Å²) in [7, 11) is 1.93. The summed E-state index contributed by atoms with van der Waals surface area (Å²) >= 11 is 0. The molecule has 0 saturated heterocycles. The molecule has 1 aromatic carbocycles. The fraction of sp³-hybridized carbons (Fsp3) is 0.519. The quantitative estimate of drug-likeness (QED) is 0.266. The molecule has 0 fully saturated rings. The molecule has 0 aliphatic carbocycles. The molecule has 2 rings (SSSR count). The van der Waals surface area contributed by atoms with Crippen LogP contribution in [0.5, 0.6) is 0 Å². The average molecular weight is 526 g/mol. The number of nitrogens with zero attached hydrogens (tertiary/aromatic N) is 2. The minimum absolute atomic E-state index is 0.0729. The van der Waals surface area contributed by atoms with Crippen LogP contribution in [0.3, 0.4) is 0 Å². The highest BCUT2D eigenvalue weighted by Gasteiger charge is 2.29. The zero-order valence-corrected chi connectivity index (χ0v) is 21.8. The van der Waals surface area contributed by atoms with E-state index in [1.165, 1.54) is 12.2 Å². The molecule has 1 aromatic rings. The minimum Gasteiger partial charge on any atom is -0.488 e. The van der Waals surface area contributed by atoms with Gasteiger partial charge in [-0.2, -0.15) is 13.2 Å². The van der Waals surface area contributed by atoms with Gasteiger partial charge in [0.15, 0.2) is 18.1 Å². The number of halogens is 3. The van der Waals surface area contributed by atoms with Gasteiger partial charge in [0, 0.05) is 32.3 Å². The number of ether oxygens (including phenoxy) is 2. The van der Waals surface area contributed by atoms with Crippen LogP contribution in [0.2, 0.25) is 0 Å². The van der Waals surface area contributed by atoms with Crippen molar-refractivity contribution in [3.63, 3.8) is 0 Å². The lowest BCUT2D eigenvalue weighted by Crippen LogP contribution is -2.34. The smallest absolute Gasteiger partial charge is 0.422 e. The van der Waals surface area contributed by atoms with E-state index in [1.54, 1.807) is 13.0 Å². The van der Waals surface area contributed by atoms with Gasteiger partial charge < -0.3 is 25.2 Å². The number of benzene rings is 1. The number of anilines is 1. The van der Waals surface area contributed by atoms with Crippen molar-refractivity contribution >= 4 is 11.6 Å². The summed E-state index contributed by atoms with van der Waals surface area (Å²) in [6.07, 6.45) is 2.03. The van der Waals surface area contributed by atoms with Crippen molar-refractivity contribution in [2.45, 2.75) is 45.3 Å². The first-order chi connectivity index (χ1) is 17.5. The molecule has 0 saturated carbocycles. The zero-order valence-electron chi connectivity index (χ0n) is 21.8. The number of nitrogens with two attached hydrogens (primary N) is 1. The molecule has 1 aliphatic rings. The number of hydrogen-bond acceptors (Lipinski definition) is 6. The summed E-state index contributed by atoms with van der Waals surface area (Å²) in [6.45, 7) is 8.15. The second kappa shape index (κ2) is 14.1. The Bertz CT molecular complexity index is 992. The van der Waals surface area contributed by atoms with Crippen LogP contribution in [0.15, 0.2) is 48.5 Å². The Balaban J connectivity index is 2.04. The highest BCUT2D eigenvalue weighted by Crippen LogP contribution is 2.33. The second-order valence-electron chi connectivity index (χ2n) is 9.05. The maximum Gasteiger partial charge on any atom is 0.422 e. The van der Waals surface area contributed by atoms with E-state index >= 15 is 0 Å². The van der Waals surface area contributed by atoms with Gasteiger partial charge in [0.1, 0.15) is 6.61 Å². The molecule has 1 atom stereocenters. The lowest BCUT2D eigenvalue weighted by molar-refractivity contribution is -0.164. The number of amides is 1. The molecule has 3 N–H and O–H groups in total. The van der Waals surface area contributed by atoms with E-state index in [9.17, 15) is 23.1 Å². The van der Waals surface area contributed by atoms with E-state index in [0.717, 1.165) is 29.8 Å². The monoisotopic (exact) mass is 525 g/mol. The summed E-state index contributed by atoms with van der Waals surface area (Å²) in [5.41, 5.74) is 9.16. The molecule has 1 amide bonds. The lowest BCUT2D eigenvalue weighted by Gasteiger charge is -2.26. The lowest BCUT2D eigenvalue weighted by atomic mass is 9.97. The molecule has 0 aromatic heterocycles. The standard InChI is InChI=1S/C27H38F3N3O4/c1-5-8-24(23(6-2)37-18-27(28,29)30)36-14-12-32(4)19(3)15-20-16-21-9-11-33(10-7-13-34)25(21)22(17-20)26(31)35/h5-6,8,16-17,19,34H,2,7,9-15,18H2,1,3-4H3,(H2,31,35)/b8-5-,24-23-/t19-/m1/s1. The Morgan fingerprint density at radius 2 is 2.05 bits per heavy atom. The van der Waals surface area contributed by atoms with Crippen LogP contribution in [-0.2, 0) is 22.3 Å². The number of carbonyl (C=O) groups excluding carboxylic acids is 1. The van der Waals surface area contributed by atoms with Gasteiger partial charge in [-0.05, 0) is 69.5 Å². The molecule has 206 valence electrons. The number of allylic oxidation sites excluding steroid dienone is 3. The van der Waals surface area contributed by atoms with Gasteiger partial charge in [0.05, 0.1) is 11.3 Å². The fourth-order valence-corrected chi connectivity index (χ4v) is 4.24. The molecule has 0 spiro atoms. The molecule has 1 aliphatic heterocycles. The van der Waals surface area contributed by atoms with Crippen LogP contribution in [0.4, 0.5) is 18.9 Å². The topological polar surface area (TPSA) is 88.3 Å². The second-order valence-corrected chi connectivity index (χ2v) is 9.05. The summed E-state index contributed by atoms with van der Waals surface area (Å²) < 4.78 is 48.2. The van der Waals surface area contributed by atoms with Crippen molar-refractivity contribution in [3.8, 4) is 0 Å². The molecular formula is C27H38F3N3O4. The van der Waals surface area contributed by atoms with Crippen molar-refractivity contribution in [3.05, 3.63) is 65.1 Å². The SMILES string of the molecule is C=C/C(OCC(F)(F)F)=C(\C=C/C)OCCN(C)[C@H](C)Cc1cc2c(c(C(N)=O)c1)N(CCCO)CC2. The van der Waals surface area contributed by atoms with Crippen LogP contribution in [-0.4, -0.2) is 74.6 Å². The molecule has 0 unspecified atom stereocenters. The summed E-state index contributed by atoms with van der Waals surface area (Å²) in [6, 6.07) is 4.05. The van der Waals surface area contributed by atoms with Gasteiger partial charge in [-0.3, -0.25) is 9.69 Å². The number of fused-ring (bicyclic) bond motifs is 1. The van der Waals surface area contributed by atoms with E-state index in [2.05, 4.69) is 29.4 Å². The van der Waals surface area contributed by atoms with Crippen molar-refractivity contribution in [1.82, 2.24) is 4.90 Å². The van der Waals surface area contributed by atoms with Crippen molar-refractivity contribution in [2.24, 2.45) is 5.73 Å². The Hall–Kier alpha value is -2.98. The third-order valence-electron chi connectivity index (χ3n) is 6.19. The highest BCUT2D eigenvalue weighted by molar-refractivity contribution is 6.00. The number of likely N-dealkylation sites (N-methyl/N-ethyl adjacent to an activating group) is 1. The number of aliphatic hydroxyl groups excluding tert-OH is 1. The summed E-state index contributed by atoms with van der Waals surface area (Å²) in [5, 5.41) is 9.17. The van der Waals surface area contributed by atoms with Gasteiger partial charge in [0.25, 0.3) is 5.91 Å². The largest absolute Gasteiger partial charge is 0.488 e. The van der Waals surface area contributed by atoms with E-state index in [4.69, 9.17) is 15.2 Å². The maximum atomic E-state index is 12.6. The van der Waals surface area contributed by atoms with E-state index in [-0.39, 0.29) is 30.8 Å². The van der Waals surface area contributed by atoms with Crippen molar-refractivity contribution in [1.29, 1.82) is 0 Å². The van der Waals surface area contributed by atoms with E-state index < -0.39 is 18.7 Å². The number of carbonyl (C=O) groups is 1. The van der Waals surface area contributed by atoms with Crippen LogP contribution in [0.25, 0.3) is 0 Å². The van der Waals surface area contributed by atoms with E-state index in [0.29, 0.717) is 31.5 Å². The maximum absolute atomic E-state index is 12.6. The van der Waals surface area contributed by atoms with Gasteiger partial charge in [-0.1, -0.05) is 18.7 Å². The van der Waals surface area contributed by atoms with Crippen LogP contribution < -0.4 is 10.6 Å². The number of rotatable bonds is 15. The molecule has 1 heterocycles. The Morgan fingerprint density at radius 3 is 2.65 bits per heavy atom. The Morgan fingerprint density at radius 1 is 1.32 bits per heavy atom. The minimum atomic E-state index is -4.46. The predicted molar refractivity (Wildman–Crippen MR) is 138 cm³/mol. The predicted octanol–water partition coefficient (Wildman–Crippen LogP) is 3.96. The van der Waals surface area contributed by atoms with E-state index in [1.807, 2.05) is 13.1 Å². The van der Waals surface area contributed by atoms with Crippen LogP contribution in [0, 0.1) is 0 Å². The Labute approximate surface area is 217 Å². The van der Waals surface area contributed by atoms with Gasteiger partial charge in [-0.25, -0.2) is 0 Å². The first-order valence-corrected chi connectivity index (χ1v) is 12.3. The van der Waals surface area contributed by atoms with Gasteiger partial charge in [-0.15, -0.1) is 0 Å². The molecular weight excluding hydrogens is 487 g/mol. The highest BCUT2D eigenvalue weighted by atomic mass is 19.4. The number of primary amides is 1. The van der Waals surface area contributed by atoms with Gasteiger partial charge in [0.2, 0.25) is 0 Å². The molecule has 0 radical (unpaired) electrons. The van der Waals surface area contributed by atoms with Crippen molar-refractivity contribution in [2.75, 3.05) is 51.4 Å². The average Bonchev–Trinajstić information content (AvgIpc) is 3.24. The third-order valence-corrected chi connectivity index (χ3v) is 6.19. The zero-order chi connectivity index (χ0) is 27.6. The molecule has 10 heteroatoms. The number of hydrogen-bond donors (Lipinski definition) is 2. The molecule has 0 bridgehead atoms. The first kappa shape index (κ1) is 30.2. The summed E-state index contributed by atoms with van der Waals surface area (Å²) in [5.74, 6) is -0.368. The molecule has 7 nitrogen and oxygen atoms in total. The van der Waals surface area contributed by atoms with Crippen LogP contribution in [0.1, 0.15) is 41.8 Å². The third kappa shape index (κ3) is 9.12. The fourth-order valence-electron chi connectivity index (χ4n) is 4.24. The Kier molecular flexibility index (Phi) is 11.5. The number of aliphatic hydroxyl groups is 1. The normalized spacial score (nSPS) is 15.1. The van der Waals surface area contributed by atoms with Crippen molar-refractivity contribution < 1.29 is 32.5 Å². The van der Waals surface area contributed by atoms with Gasteiger partial charge >= 0.3 is 6.18 Å².